The van der Waals surface area contributed by atoms with E-state index < -0.39 is 17.6 Å². The van der Waals surface area contributed by atoms with Gasteiger partial charge in [0.2, 0.25) is 0 Å². The third-order valence-corrected chi connectivity index (χ3v) is 4.65. The van der Waals surface area contributed by atoms with Crippen LogP contribution in [-0.2, 0) is 12.6 Å². The molecule has 1 aromatic heterocycles. The van der Waals surface area contributed by atoms with E-state index >= 15 is 0 Å². The van der Waals surface area contributed by atoms with Crippen molar-refractivity contribution in [1.29, 1.82) is 0 Å². The molecular formula is C19H24F3N5OS. The highest BCUT2D eigenvalue weighted by molar-refractivity contribution is 7.09. The van der Waals surface area contributed by atoms with Gasteiger partial charge in [0.15, 0.2) is 5.96 Å². The summed E-state index contributed by atoms with van der Waals surface area (Å²) in [6.45, 7) is 5.91. The second kappa shape index (κ2) is 10.8. The Bertz CT molecular complexity index is 818. The average molecular weight is 427 g/mol. The van der Waals surface area contributed by atoms with Gasteiger partial charge < -0.3 is 16.0 Å². The number of guanidine groups is 1. The minimum atomic E-state index is -4.42. The number of alkyl halides is 3. The van der Waals surface area contributed by atoms with Gasteiger partial charge in [-0.25, -0.2) is 4.98 Å². The van der Waals surface area contributed by atoms with Gasteiger partial charge in [-0.3, -0.25) is 9.79 Å². The number of aryl methyl sites for hydroxylation is 1. The third-order valence-electron chi connectivity index (χ3n) is 3.83. The number of thiazole rings is 1. The molecular weight excluding hydrogens is 403 g/mol. The number of amides is 1. The summed E-state index contributed by atoms with van der Waals surface area (Å²) in [5.74, 6) is 0.199. The van der Waals surface area contributed by atoms with Crippen molar-refractivity contribution in [2.75, 3.05) is 26.2 Å². The molecule has 0 bridgehead atoms. The largest absolute Gasteiger partial charge is 0.416 e. The van der Waals surface area contributed by atoms with Gasteiger partial charge in [-0.2, -0.15) is 13.2 Å². The first-order chi connectivity index (χ1) is 13.8. The van der Waals surface area contributed by atoms with E-state index in [-0.39, 0.29) is 5.56 Å². The maximum atomic E-state index is 12.6. The first-order valence-corrected chi connectivity index (χ1v) is 10.1. The van der Waals surface area contributed by atoms with E-state index in [0.29, 0.717) is 32.1 Å². The molecule has 3 N–H and O–H groups in total. The van der Waals surface area contributed by atoms with Gasteiger partial charge in [-0.05, 0) is 38.1 Å². The monoisotopic (exact) mass is 427 g/mol. The molecule has 10 heteroatoms. The summed E-state index contributed by atoms with van der Waals surface area (Å²) < 4.78 is 37.7. The van der Waals surface area contributed by atoms with Crippen molar-refractivity contribution >= 4 is 23.2 Å². The van der Waals surface area contributed by atoms with Crippen molar-refractivity contribution in [3.63, 3.8) is 0 Å². The number of carbonyl (C=O) groups excluding carboxylic acids is 1. The molecule has 0 spiro atoms. The van der Waals surface area contributed by atoms with Crippen molar-refractivity contribution in [2.45, 2.75) is 26.4 Å². The second-order valence-electron chi connectivity index (χ2n) is 6.13. The zero-order chi connectivity index (χ0) is 21.3. The SMILES string of the molecule is CCNC(=NCCc1csc(C)n1)NCCNC(=O)c1ccc(C(F)(F)F)cc1. The van der Waals surface area contributed by atoms with E-state index in [1.54, 1.807) is 11.3 Å². The minimum absolute atomic E-state index is 0.178. The van der Waals surface area contributed by atoms with Crippen LogP contribution in [0, 0.1) is 6.92 Å². The number of hydrogen-bond donors (Lipinski definition) is 3. The molecule has 1 aromatic carbocycles. The van der Waals surface area contributed by atoms with Gasteiger partial charge in [0.05, 0.1) is 16.3 Å². The molecule has 0 aliphatic heterocycles. The smallest absolute Gasteiger partial charge is 0.357 e. The second-order valence-corrected chi connectivity index (χ2v) is 7.19. The Kier molecular flexibility index (Phi) is 8.44. The first kappa shape index (κ1) is 22.7. The fourth-order valence-electron chi connectivity index (χ4n) is 2.42. The molecule has 0 atom stereocenters. The molecule has 0 fully saturated rings. The lowest BCUT2D eigenvalue weighted by atomic mass is 10.1. The van der Waals surface area contributed by atoms with Crippen LogP contribution in [0.3, 0.4) is 0 Å². The number of carbonyl (C=O) groups is 1. The van der Waals surface area contributed by atoms with Crippen LogP contribution in [0.25, 0.3) is 0 Å². The van der Waals surface area contributed by atoms with Crippen molar-refractivity contribution < 1.29 is 18.0 Å². The summed E-state index contributed by atoms with van der Waals surface area (Å²) >= 11 is 1.61. The highest BCUT2D eigenvalue weighted by atomic mass is 32.1. The van der Waals surface area contributed by atoms with E-state index in [1.807, 2.05) is 19.2 Å². The number of aliphatic imine (C=N–C) groups is 1. The topological polar surface area (TPSA) is 78.4 Å². The maximum Gasteiger partial charge on any atom is 0.416 e. The predicted octanol–water partition coefficient (Wildman–Crippen LogP) is 3.00. The Morgan fingerprint density at radius 1 is 1.14 bits per heavy atom. The Labute approximate surface area is 171 Å². The van der Waals surface area contributed by atoms with Crippen molar-refractivity contribution in [3.05, 3.63) is 51.5 Å². The quantitative estimate of drug-likeness (QED) is 0.344. The fraction of sp³-hybridized carbons (Fsp3) is 0.421. The van der Waals surface area contributed by atoms with E-state index in [4.69, 9.17) is 0 Å². The van der Waals surface area contributed by atoms with Gasteiger partial charge in [-0.15, -0.1) is 11.3 Å². The fourth-order valence-corrected chi connectivity index (χ4v) is 3.06. The zero-order valence-corrected chi connectivity index (χ0v) is 17.1. The van der Waals surface area contributed by atoms with Crippen LogP contribution in [0.1, 0.15) is 33.5 Å². The van der Waals surface area contributed by atoms with Crippen molar-refractivity contribution in [2.24, 2.45) is 4.99 Å². The molecule has 0 aliphatic rings. The normalized spacial score (nSPS) is 12.0. The summed E-state index contributed by atoms with van der Waals surface area (Å²) in [5, 5.41) is 11.9. The van der Waals surface area contributed by atoms with Crippen LogP contribution in [0.4, 0.5) is 13.2 Å². The lowest BCUT2D eigenvalue weighted by Crippen LogP contribution is -2.41. The summed E-state index contributed by atoms with van der Waals surface area (Å²) in [6.07, 6.45) is -3.68. The highest BCUT2D eigenvalue weighted by Crippen LogP contribution is 2.29. The van der Waals surface area contributed by atoms with Crippen LogP contribution < -0.4 is 16.0 Å². The number of rotatable bonds is 8. The Morgan fingerprint density at radius 3 is 2.41 bits per heavy atom. The van der Waals surface area contributed by atoms with Crippen LogP contribution in [0.2, 0.25) is 0 Å². The predicted molar refractivity (Wildman–Crippen MR) is 108 cm³/mol. The van der Waals surface area contributed by atoms with Crippen LogP contribution in [0.5, 0.6) is 0 Å². The molecule has 29 heavy (non-hydrogen) atoms. The highest BCUT2D eigenvalue weighted by Gasteiger charge is 2.30. The Morgan fingerprint density at radius 2 is 1.83 bits per heavy atom. The van der Waals surface area contributed by atoms with Crippen LogP contribution >= 0.6 is 11.3 Å². The lowest BCUT2D eigenvalue weighted by Gasteiger charge is -2.12. The van der Waals surface area contributed by atoms with E-state index in [2.05, 4.69) is 25.9 Å². The summed E-state index contributed by atoms with van der Waals surface area (Å²) in [4.78, 5) is 20.9. The molecule has 0 radical (unpaired) electrons. The molecule has 1 amide bonds. The van der Waals surface area contributed by atoms with Gasteiger partial charge >= 0.3 is 6.18 Å². The van der Waals surface area contributed by atoms with Gasteiger partial charge in [0.25, 0.3) is 5.91 Å². The average Bonchev–Trinajstić information content (AvgIpc) is 3.09. The van der Waals surface area contributed by atoms with E-state index in [1.165, 1.54) is 0 Å². The lowest BCUT2D eigenvalue weighted by molar-refractivity contribution is -0.137. The molecule has 0 saturated carbocycles. The zero-order valence-electron chi connectivity index (χ0n) is 16.3. The first-order valence-electron chi connectivity index (χ1n) is 9.18. The van der Waals surface area contributed by atoms with Crippen molar-refractivity contribution in [1.82, 2.24) is 20.9 Å². The number of halogens is 3. The molecule has 6 nitrogen and oxygen atoms in total. The minimum Gasteiger partial charge on any atom is -0.357 e. The Balaban J connectivity index is 1.75. The molecule has 0 aliphatic carbocycles. The Hall–Kier alpha value is -2.62. The number of nitrogens with one attached hydrogen (secondary N) is 3. The third kappa shape index (κ3) is 7.72. The molecule has 158 valence electrons. The van der Waals surface area contributed by atoms with Gasteiger partial charge in [-0.1, -0.05) is 0 Å². The molecule has 0 unspecified atom stereocenters. The molecule has 0 saturated heterocycles. The number of benzene rings is 1. The van der Waals surface area contributed by atoms with Crippen molar-refractivity contribution in [3.8, 4) is 0 Å². The number of aromatic nitrogens is 1. The number of hydrogen-bond acceptors (Lipinski definition) is 4. The molecule has 2 rings (SSSR count). The molecule has 2 aromatic rings. The maximum absolute atomic E-state index is 12.6. The summed E-state index contributed by atoms with van der Waals surface area (Å²) in [5.41, 5.74) is 0.406. The summed E-state index contributed by atoms with van der Waals surface area (Å²) in [6, 6.07) is 4.12. The summed E-state index contributed by atoms with van der Waals surface area (Å²) in [7, 11) is 0. The molecule has 1 heterocycles. The number of nitrogens with zero attached hydrogens (tertiary/aromatic N) is 2. The standard InChI is InChI=1S/C19H24F3N5OS/c1-3-23-18(25-9-8-16-12-29-13(2)27-16)26-11-10-24-17(28)14-4-6-15(7-5-14)19(20,21)22/h4-7,12H,3,8-11H2,1-2H3,(H,24,28)(H2,23,25,26). The van der Waals surface area contributed by atoms with Crippen LogP contribution in [-0.4, -0.2) is 43.0 Å². The van der Waals surface area contributed by atoms with E-state index in [9.17, 15) is 18.0 Å². The van der Waals surface area contributed by atoms with E-state index in [0.717, 1.165) is 41.4 Å². The van der Waals surface area contributed by atoms with Gasteiger partial charge in [0.1, 0.15) is 0 Å². The van der Waals surface area contributed by atoms with Crippen LogP contribution in [0.15, 0.2) is 34.6 Å². The van der Waals surface area contributed by atoms with Gasteiger partial charge in [0, 0.05) is 43.5 Å².